The molecule has 0 radical (unpaired) electrons. The molecule has 0 aliphatic carbocycles. The van der Waals surface area contributed by atoms with Gasteiger partial charge >= 0.3 is 0 Å². The lowest BCUT2D eigenvalue weighted by Crippen LogP contribution is -2.41. The number of hydrogen-bond donors (Lipinski definition) is 2. The Morgan fingerprint density at radius 3 is 2.53 bits per heavy atom. The van der Waals surface area contributed by atoms with Crippen molar-refractivity contribution in [3.63, 3.8) is 0 Å². The molecule has 0 aromatic heterocycles. The molecule has 0 saturated heterocycles. The van der Waals surface area contributed by atoms with Crippen LogP contribution in [0.2, 0.25) is 0 Å². The third-order valence-electron chi connectivity index (χ3n) is 2.66. The number of nitrogens with zero attached hydrogens (tertiary/aromatic N) is 1. The normalized spacial score (nSPS) is 13.2. The standard InChI is InChI=1S/C13H19N3O2S/c1-10(2)7-12(9-15)16-19(17,18)13-6-4-3-5-11(13)8-14/h3-6,10,12,16H,7,9,15H2,1-2H3. The highest BCUT2D eigenvalue weighted by molar-refractivity contribution is 7.89. The van der Waals surface area contributed by atoms with Crippen LogP contribution in [0.1, 0.15) is 25.8 Å². The summed E-state index contributed by atoms with van der Waals surface area (Å²) in [5, 5.41) is 8.95. The van der Waals surface area contributed by atoms with Crippen LogP contribution in [0.5, 0.6) is 0 Å². The molecule has 0 bridgehead atoms. The van der Waals surface area contributed by atoms with E-state index >= 15 is 0 Å². The van der Waals surface area contributed by atoms with Gasteiger partial charge in [-0.25, -0.2) is 13.1 Å². The molecule has 1 aromatic rings. The molecular weight excluding hydrogens is 262 g/mol. The van der Waals surface area contributed by atoms with E-state index in [9.17, 15) is 8.42 Å². The average Bonchev–Trinajstić information content (AvgIpc) is 2.37. The van der Waals surface area contributed by atoms with Crippen LogP contribution in [-0.2, 0) is 10.0 Å². The molecule has 5 nitrogen and oxygen atoms in total. The third-order valence-corrected chi connectivity index (χ3v) is 4.24. The van der Waals surface area contributed by atoms with Gasteiger partial charge in [0.15, 0.2) is 0 Å². The van der Waals surface area contributed by atoms with Gasteiger partial charge in [0.2, 0.25) is 10.0 Å². The van der Waals surface area contributed by atoms with Crippen LogP contribution in [-0.4, -0.2) is 21.0 Å². The number of sulfonamides is 1. The number of nitrogens with one attached hydrogen (secondary N) is 1. The molecule has 1 unspecified atom stereocenters. The summed E-state index contributed by atoms with van der Waals surface area (Å²) in [4.78, 5) is -0.000272. The summed E-state index contributed by atoms with van der Waals surface area (Å²) in [5.74, 6) is 0.336. The summed E-state index contributed by atoms with van der Waals surface area (Å²) >= 11 is 0. The minimum absolute atomic E-state index is 0.000272. The molecule has 0 spiro atoms. The van der Waals surface area contributed by atoms with Gasteiger partial charge in [0.05, 0.1) is 10.5 Å². The predicted octanol–water partition coefficient (Wildman–Crippen LogP) is 1.21. The molecular formula is C13H19N3O2S. The van der Waals surface area contributed by atoms with E-state index in [-0.39, 0.29) is 23.0 Å². The van der Waals surface area contributed by atoms with Crippen molar-refractivity contribution in [2.24, 2.45) is 11.7 Å². The van der Waals surface area contributed by atoms with Gasteiger partial charge in [-0.05, 0) is 24.5 Å². The lowest BCUT2D eigenvalue weighted by Gasteiger charge is -2.19. The zero-order valence-electron chi connectivity index (χ0n) is 11.1. The zero-order valence-corrected chi connectivity index (χ0v) is 11.9. The first-order valence-electron chi connectivity index (χ1n) is 6.12. The van der Waals surface area contributed by atoms with Gasteiger partial charge in [-0.3, -0.25) is 0 Å². The Hall–Kier alpha value is -1.42. The third kappa shape index (κ3) is 4.31. The van der Waals surface area contributed by atoms with Crippen molar-refractivity contribution in [2.45, 2.75) is 31.2 Å². The molecule has 1 rings (SSSR count). The van der Waals surface area contributed by atoms with Crippen molar-refractivity contribution >= 4 is 10.0 Å². The van der Waals surface area contributed by atoms with Gasteiger partial charge in [0, 0.05) is 12.6 Å². The Bertz CT molecular complexity index is 561. The number of rotatable bonds is 6. The second-order valence-corrected chi connectivity index (χ2v) is 6.47. The first-order valence-corrected chi connectivity index (χ1v) is 7.60. The van der Waals surface area contributed by atoms with E-state index in [1.54, 1.807) is 12.1 Å². The van der Waals surface area contributed by atoms with Crippen molar-refractivity contribution in [1.82, 2.24) is 4.72 Å². The van der Waals surface area contributed by atoms with Crippen LogP contribution >= 0.6 is 0 Å². The summed E-state index contributed by atoms with van der Waals surface area (Å²) in [6.07, 6.45) is 0.657. The topological polar surface area (TPSA) is 96.0 Å². The molecule has 1 atom stereocenters. The van der Waals surface area contributed by atoms with E-state index in [1.807, 2.05) is 19.9 Å². The van der Waals surface area contributed by atoms with Gasteiger partial charge in [-0.1, -0.05) is 26.0 Å². The lowest BCUT2D eigenvalue weighted by atomic mass is 10.1. The highest BCUT2D eigenvalue weighted by Crippen LogP contribution is 2.15. The largest absolute Gasteiger partial charge is 0.329 e. The van der Waals surface area contributed by atoms with Crippen LogP contribution in [0, 0.1) is 17.2 Å². The number of hydrogen-bond acceptors (Lipinski definition) is 4. The lowest BCUT2D eigenvalue weighted by molar-refractivity contribution is 0.465. The fraction of sp³-hybridized carbons (Fsp3) is 0.462. The minimum Gasteiger partial charge on any atom is -0.329 e. The second kappa shape index (κ2) is 6.66. The Morgan fingerprint density at radius 1 is 1.37 bits per heavy atom. The maximum Gasteiger partial charge on any atom is 0.242 e. The van der Waals surface area contributed by atoms with E-state index in [0.29, 0.717) is 12.3 Å². The summed E-state index contributed by atoms with van der Waals surface area (Å²) < 4.78 is 27.1. The van der Waals surface area contributed by atoms with Crippen LogP contribution < -0.4 is 10.5 Å². The molecule has 0 aliphatic rings. The molecule has 19 heavy (non-hydrogen) atoms. The minimum atomic E-state index is -3.71. The number of benzene rings is 1. The van der Waals surface area contributed by atoms with Gasteiger partial charge < -0.3 is 5.73 Å². The van der Waals surface area contributed by atoms with E-state index in [1.165, 1.54) is 12.1 Å². The van der Waals surface area contributed by atoms with Crippen molar-refractivity contribution in [3.05, 3.63) is 29.8 Å². The van der Waals surface area contributed by atoms with Crippen LogP contribution in [0.3, 0.4) is 0 Å². The molecule has 104 valence electrons. The van der Waals surface area contributed by atoms with Gasteiger partial charge in [-0.2, -0.15) is 5.26 Å². The summed E-state index contributed by atoms with van der Waals surface area (Å²) in [7, 11) is -3.71. The molecule has 0 fully saturated rings. The fourth-order valence-corrected chi connectivity index (χ4v) is 3.26. The molecule has 0 saturated carbocycles. The zero-order chi connectivity index (χ0) is 14.5. The van der Waals surface area contributed by atoms with Crippen molar-refractivity contribution in [1.29, 1.82) is 5.26 Å². The average molecular weight is 281 g/mol. The molecule has 0 heterocycles. The quantitative estimate of drug-likeness (QED) is 0.819. The maximum absolute atomic E-state index is 12.2. The van der Waals surface area contributed by atoms with Gasteiger partial charge in [0.1, 0.15) is 6.07 Å². The van der Waals surface area contributed by atoms with Crippen molar-refractivity contribution < 1.29 is 8.42 Å². The highest BCUT2D eigenvalue weighted by atomic mass is 32.2. The molecule has 6 heteroatoms. The smallest absolute Gasteiger partial charge is 0.242 e. The molecule has 0 amide bonds. The van der Waals surface area contributed by atoms with E-state index in [0.717, 1.165) is 0 Å². The van der Waals surface area contributed by atoms with Gasteiger partial charge in [-0.15, -0.1) is 0 Å². The van der Waals surface area contributed by atoms with E-state index < -0.39 is 10.0 Å². The van der Waals surface area contributed by atoms with Crippen LogP contribution in [0.15, 0.2) is 29.2 Å². The van der Waals surface area contributed by atoms with Crippen LogP contribution in [0.25, 0.3) is 0 Å². The van der Waals surface area contributed by atoms with Crippen molar-refractivity contribution in [3.8, 4) is 6.07 Å². The van der Waals surface area contributed by atoms with E-state index in [4.69, 9.17) is 11.0 Å². The van der Waals surface area contributed by atoms with E-state index in [2.05, 4.69) is 4.72 Å². The Kier molecular flexibility index (Phi) is 5.48. The molecule has 1 aromatic carbocycles. The number of nitriles is 1. The second-order valence-electron chi connectivity index (χ2n) is 4.79. The van der Waals surface area contributed by atoms with Crippen LogP contribution in [0.4, 0.5) is 0 Å². The first-order chi connectivity index (χ1) is 8.90. The SMILES string of the molecule is CC(C)CC(CN)NS(=O)(=O)c1ccccc1C#N. The fourth-order valence-electron chi connectivity index (χ4n) is 1.84. The summed E-state index contributed by atoms with van der Waals surface area (Å²) in [6.45, 7) is 4.23. The Morgan fingerprint density at radius 2 is 2.00 bits per heavy atom. The summed E-state index contributed by atoms with van der Waals surface area (Å²) in [5.41, 5.74) is 5.72. The Balaban J connectivity index is 3.01. The monoisotopic (exact) mass is 281 g/mol. The Labute approximate surface area is 114 Å². The first kappa shape index (κ1) is 15.6. The van der Waals surface area contributed by atoms with Gasteiger partial charge in [0.25, 0.3) is 0 Å². The molecule has 0 aliphatic heterocycles. The highest BCUT2D eigenvalue weighted by Gasteiger charge is 2.22. The van der Waals surface area contributed by atoms with Crippen molar-refractivity contribution in [2.75, 3.05) is 6.54 Å². The molecule has 3 N–H and O–H groups in total. The maximum atomic E-state index is 12.2. The summed E-state index contributed by atoms with van der Waals surface area (Å²) in [6, 6.07) is 7.69. The number of nitrogens with two attached hydrogens (primary N) is 1. The predicted molar refractivity (Wildman–Crippen MR) is 73.8 cm³/mol.